The van der Waals surface area contributed by atoms with Gasteiger partial charge in [-0.25, -0.2) is 0 Å². The highest BCUT2D eigenvalue weighted by atomic mass is 79.9. The summed E-state index contributed by atoms with van der Waals surface area (Å²) < 4.78 is 6.53. The first-order valence-corrected chi connectivity index (χ1v) is 10.4. The Kier molecular flexibility index (Phi) is 6.78. The van der Waals surface area contributed by atoms with Crippen LogP contribution in [-0.4, -0.2) is 25.6 Å². The van der Waals surface area contributed by atoms with Gasteiger partial charge in [0.25, 0.3) is 5.91 Å². The topological polar surface area (TPSA) is 41.6 Å². The third-order valence-electron chi connectivity index (χ3n) is 4.85. The van der Waals surface area contributed by atoms with Crippen LogP contribution >= 0.6 is 15.9 Å². The minimum absolute atomic E-state index is 0.0203. The van der Waals surface area contributed by atoms with Crippen molar-refractivity contribution in [2.24, 2.45) is 0 Å². The van der Waals surface area contributed by atoms with Crippen LogP contribution in [0, 0.1) is 0 Å². The van der Waals surface area contributed by atoms with Gasteiger partial charge in [0.05, 0.1) is 4.47 Å². The molecule has 1 aliphatic heterocycles. The van der Waals surface area contributed by atoms with E-state index in [2.05, 4.69) is 52.1 Å². The van der Waals surface area contributed by atoms with Crippen molar-refractivity contribution >= 4 is 33.2 Å². The number of carbonyl (C=O) groups is 1. The average Bonchev–Trinajstić information content (AvgIpc) is 2.68. The van der Waals surface area contributed by atoms with Gasteiger partial charge in [-0.2, -0.15) is 0 Å². The van der Waals surface area contributed by atoms with Crippen molar-refractivity contribution in [1.29, 1.82) is 0 Å². The van der Waals surface area contributed by atoms with E-state index in [9.17, 15) is 4.79 Å². The Morgan fingerprint density at radius 2 is 1.81 bits per heavy atom. The zero-order chi connectivity index (χ0) is 19.2. The lowest BCUT2D eigenvalue weighted by Gasteiger charge is -2.28. The number of benzene rings is 2. The van der Waals surface area contributed by atoms with E-state index in [0.717, 1.165) is 23.2 Å². The second-order valence-corrected chi connectivity index (χ2v) is 8.13. The number of nitrogens with zero attached hydrogens (tertiary/aromatic N) is 1. The standard InChI is InChI=1S/C22H27BrN2O2/c1-16(2)17-6-11-21(20(23)14-17)27-15-22(26)24-18-7-9-19(10-8-18)25-12-4-3-5-13-25/h6-11,14,16H,3-5,12-13,15H2,1-2H3,(H,24,26). The Balaban J connectivity index is 1.52. The van der Waals surface area contributed by atoms with Crippen molar-refractivity contribution in [1.82, 2.24) is 0 Å². The Hall–Kier alpha value is -2.01. The van der Waals surface area contributed by atoms with Crippen LogP contribution in [0.1, 0.15) is 44.6 Å². The SMILES string of the molecule is CC(C)c1ccc(OCC(=O)Nc2ccc(N3CCCCC3)cc2)c(Br)c1. The summed E-state index contributed by atoms with van der Waals surface area (Å²) >= 11 is 3.52. The van der Waals surface area contributed by atoms with E-state index >= 15 is 0 Å². The number of hydrogen-bond acceptors (Lipinski definition) is 3. The number of hydrogen-bond donors (Lipinski definition) is 1. The molecule has 144 valence electrons. The van der Waals surface area contributed by atoms with Crippen LogP contribution in [0.25, 0.3) is 0 Å². The van der Waals surface area contributed by atoms with Crippen LogP contribution in [0.4, 0.5) is 11.4 Å². The molecule has 0 unspecified atom stereocenters. The number of piperidine rings is 1. The van der Waals surface area contributed by atoms with Crippen molar-refractivity contribution in [2.45, 2.75) is 39.0 Å². The predicted octanol–water partition coefficient (Wildman–Crippen LogP) is 5.58. The molecule has 27 heavy (non-hydrogen) atoms. The van der Waals surface area contributed by atoms with Crippen molar-refractivity contribution in [3.05, 3.63) is 52.5 Å². The quantitative estimate of drug-likeness (QED) is 0.649. The van der Waals surface area contributed by atoms with E-state index in [1.165, 1.54) is 30.5 Å². The molecule has 4 nitrogen and oxygen atoms in total. The van der Waals surface area contributed by atoms with Crippen LogP contribution in [0.15, 0.2) is 46.9 Å². The molecule has 1 heterocycles. The fraction of sp³-hybridized carbons (Fsp3) is 0.409. The van der Waals surface area contributed by atoms with E-state index in [0.29, 0.717) is 11.7 Å². The van der Waals surface area contributed by atoms with Crippen LogP contribution in [0.3, 0.4) is 0 Å². The summed E-state index contributed by atoms with van der Waals surface area (Å²) in [5.74, 6) is 0.960. The molecule has 1 N–H and O–H groups in total. The minimum atomic E-state index is -0.166. The van der Waals surface area contributed by atoms with Crippen LogP contribution in [0.2, 0.25) is 0 Å². The van der Waals surface area contributed by atoms with Crippen molar-refractivity contribution in [3.8, 4) is 5.75 Å². The first-order valence-electron chi connectivity index (χ1n) is 9.60. The van der Waals surface area contributed by atoms with Gasteiger partial charge < -0.3 is 15.0 Å². The fourth-order valence-electron chi connectivity index (χ4n) is 3.24. The smallest absolute Gasteiger partial charge is 0.262 e. The molecule has 0 aromatic heterocycles. The Morgan fingerprint density at radius 3 is 2.44 bits per heavy atom. The molecule has 0 spiro atoms. The number of halogens is 1. The average molecular weight is 431 g/mol. The van der Waals surface area contributed by atoms with Gasteiger partial charge in [-0.15, -0.1) is 0 Å². The van der Waals surface area contributed by atoms with Gasteiger partial charge in [0.2, 0.25) is 0 Å². The molecule has 2 aromatic rings. The second-order valence-electron chi connectivity index (χ2n) is 7.28. The van der Waals surface area contributed by atoms with Crippen molar-refractivity contribution in [3.63, 3.8) is 0 Å². The number of carbonyl (C=O) groups excluding carboxylic acids is 1. The molecule has 1 fully saturated rings. The number of ether oxygens (including phenoxy) is 1. The lowest BCUT2D eigenvalue weighted by Crippen LogP contribution is -2.29. The normalized spacial score (nSPS) is 14.3. The van der Waals surface area contributed by atoms with Gasteiger partial charge in [-0.1, -0.05) is 19.9 Å². The van der Waals surface area contributed by atoms with E-state index in [-0.39, 0.29) is 12.5 Å². The largest absolute Gasteiger partial charge is 0.483 e. The van der Waals surface area contributed by atoms with Gasteiger partial charge >= 0.3 is 0 Å². The van der Waals surface area contributed by atoms with Crippen molar-refractivity contribution in [2.75, 3.05) is 29.9 Å². The van der Waals surface area contributed by atoms with Crippen LogP contribution in [-0.2, 0) is 4.79 Å². The van der Waals surface area contributed by atoms with Gasteiger partial charge in [0.1, 0.15) is 5.75 Å². The summed E-state index contributed by atoms with van der Waals surface area (Å²) in [5.41, 5.74) is 3.24. The Labute approximate surface area is 170 Å². The molecule has 3 rings (SSSR count). The number of nitrogens with one attached hydrogen (secondary N) is 1. The fourth-order valence-corrected chi connectivity index (χ4v) is 3.75. The summed E-state index contributed by atoms with van der Waals surface area (Å²) in [6, 6.07) is 14.0. The molecule has 0 atom stereocenters. The summed E-state index contributed by atoms with van der Waals surface area (Å²) in [5, 5.41) is 2.89. The van der Waals surface area contributed by atoms with Gasteiger partial charge in [0.15, 0.2) is 6.61 Å². The van der Waals surface area contributed by atoms with Crippen LogP contribution < -0.4 is 15.0 Å². The highest BCUT2D eigenvalue weighted by Crippen LogP contribution is 2.29. The molecule has 1 amide bonds. The summed E-state index contributed by atoms with van der Waals surface area (Å²) in [6.45, 7) is 6.50. The van der Waals surface area contributed by atoms with Gasteiger partial charge in [0, 0.05) is 24.5 Å². The molecule has 0 radical (unpaired) electrons. The van der Waals surface area contributed by atoms with Gasteiger partial charge in [-0.05, 0) is 83.1 Å². The maximum absolute atomic E-state index is 12.2. The Morgan fingerprint density at radius 1 is 1.11 bits per heavy atom. The molecule has 1 aliphatic rings. The summed E-state index contributed by atoms with van der Waals surface area (Å²) in [7, 11) is 0. The maximum atomic E-state index is 12.2. The van der Waals surface area contributed by atoms with E-state index < -0.39 is 0 Å². The molecular weight excluding hydrogens is 404 g/mol. The number of amides is 1. The zero-order valence-corrected chi connectivity index (χ0v) is 17.6. The lowest BCUT2D eigenvalue weighted by atomic mass is 10.0. The summed E-state index contributed by atoms with van der Waals surface area (Å²) in [6.07, 6.45) is 3.83. The highest BCUT2D eigenvalue weighted by Gasteiger charge is 2.12. The highest BCUT2D eigenvalue weighted by molar-refractivity contribution is 9.10. The maximum Gasteiger partial charge on any atom is 0.262 e. The third kappa shape index (κ3) is 5.48. The van der Waals surface area contributed by atoms with Crippen molar-refractivity contribution < 1.29 is 9.53 Å². The van der Waals surface area contributed by atoms with Gasteiger partial charge in [-0.3, -0.25) is 4.79 Å². The van der Waals surface area contributed by atoms with E-state index in [4.69, 9.17) is 4.74 Å². The number of rotatable bonds is 6. The molecule has 5 heteroatoms. The minimum Gasteiger partial charge on any atom is -0.483 e. The third-order valence-corrected chi connectivity index (χ3v) is 5.47. The molecule has 0 aliphatic carbocycles. The predicted molar refractivity (Wildman–Crippen MR) is 115 cm³/mol. The molecule has 0 bridgehead atoms. The second kappa shape index (κ2) is 9.27. The lowest BCUT2D eigenvalue weighted by molar-refractivity contribution is -0.118. The first kappa shape index (κ1) is 19.7. The Bertz CT molecular complexity index is 768. The molecule has 2 aromatic carbocycles. The molecule has 1 saturated heterocycles. The first-order chi connectivity index (χ1) is 13.0. The van der Waals surface area contributed by atoms with Crippen LogP contribution in [0.5, 0.6) is 5.75 Å². The monoisotopic (exact) mass is 430 g/mol. The summed E-state index contributed by atoms with van der Waals surface area (Å²) in [4.78, 5) is 14.6. The number of anilines is 2. The van der Waals surface area contributed by atoms with E-state index in [1.54, 1.807) is 0 Å². The molecule has 0 saturated carbocycles. The zero-order valence-electron chi connectivity index (χ0n) is 16.0. The van der Waals surface area contributed by atoms with E-state index in [1.807, 2.05) is 30.3 Å². The molecular formula is C22H27BrN2O2.